The summed E-state index contributed by atoms with van der Waals surface area (Å²) in [5.41, 5.74) is -0.231. The summed E-state index contributed by atoms with van der Waals surface area (Å²) in [6.07, 6.45) is -1.18. The van der Waals surface area contributed by atoms with Gasteiger partial charge < -0.3 is 4.90 Å². The molecule has 1 aromatic heterocycles. The van der Waals surface area contributed by atoms with E-state index in [1.54, 1.807) is 11.0 Å². The minimum atomic E-state index is -4.42. The summed E-state index contributed by atoms with van der Waals surface area (Å²) in [5, 5.41) is -0.0974. The van der Waals surface area contributed by atoms with Crippen LogP contribution in [0.15, 0.2) is 30.5 Å². The highest BCUT2D eigenvalue weighted by atomic mass is 35.5. The maximum absolute atomic E-state index is 14.1. The maximum Gasteiger partial charge on any atom is 0.416 e. The number of halogens is 5. The molecular formula is C16H14ClF4N3. The van der Waals surface area contributed by atoms with E-state index < -0.39 is 17.6 Å². The second-order valence-corrected chi connectivity index (χ2v) is 5.98. The number of benzene rings is 1. The van der Waals surface area contributed by atoms with Gasteiger partial charge in [0.05, 0.1) is 17.8 Å². The first kappa shape index (κ1) is 17.0. The van der Waals surface area contributed by atoms with Crippen LogP contribution in [0.5, 0.6) is 0 Å². The van der Waals surface area contributed by atoms with Crippen LogP contribution in [-0.2, 0) is 6.18 Å². The molecule has 24 heavy (non-hydrogen) atoms. The fraction of sp³-hybridized carbons (Fsp3) is 0.375. The van der Waals surface area contributed by atoms with Crippen LogP contribution in [0.25, 0.3) is 0 Å². The zero-order chi connectivity index (χ0) is 17.3. The van der Waals surface area contributed by atoms with Crippen LogP contribution in [0, 0.1) is 5.82 Å². The van der Waals surface area contributed by atoms with E-state index in [0.717, 1.165) is 31.2 Å². The molecule has 3 nitrogen and oxygen atoms in total. The van der Waals surface area contributed by atoms with Crippen LogP contribution in [0.3, 0.4) is 0 Å². The molecule has 8 heteroatoms. The number of piperidine rings is 1. The van der Waals surface area contributed by atoms with Crippen molar-refractivity contribution in [3.8, 4) is 0 Å². The highest BCUT2D eigenvalue weighted by molar-refractivity contribution is 6.28. The summed E-state index contributed by atoms with van der Waals surface area (Å²) >= 11 is 5.75. The van der Waals surface area contributed by atoms with Gasteiger partial charge in [-0.15, -0.1) is 0 Å². The Morgan fingerprint density at radius 2 is 2.00 bits per heavy atom. The quantitative estimate of drug-likeness (QED) is 0.557. The monoisotopic (exact) mass is 359 g/mol. The average molecular weight is 360 g/mol. The van der Waals surface area contributed by atoms with Crippen LogP contribution in [0.1, 0.15) is 36.4 Å². The van der Waals surface area contributed by atoms with Gasteiger partial charge in [-0.05, 0) is 48.6 Å². The Morgan fingerprint density at radius 1 is 1.21 bits per heavy atom. The molecule has 0 amide bonds. The van der Waals surface area contributed by atoms with Crippen LogP contribution in [-0.4, -0.2) is 16.5 Å². The second-order valence-electron chi connectivity index (χ2n) is 5.64. The predicted octanol–water partition coefficient (Wildman–Crippen LogP) is 5.02. The summed E-state index contributed by atoms with van der Waals surface area (Å²) in [7, 11) is 0. The summed E-state index contributed by atoms with van der Waals surface area (Å²) in [4.78, 5) is 9.18. The Bertz CT molecular complexity index is 736. The van der Waals surface area contributed by atoms with Gasteiger partial charge in [0.1, 0.15) is 0 Å². The molecule has 1 fully saturated rings. The molecule has 3 rings (SSSR count). The van der Waals surface area contributed by atoms with Crippen molar-refractivity contribution in [3.63, 3.8) is 0 Å². The number of rotatable bonds is 2. The number of hydrogen-bond donors (Lipinski definition) is 0. The molecule has 2 aromatic rings. The first-order valence-electron chi connectivity index (χ1n) is 7.48. The molecule has 0 saturated carbocycles. The Balaban J connectivity index is 2.00. The smallest absolute Gasteiger partial charge is 0.347 e. The lowest BCUT2D eigenvalue weighted by Gasteiger charge is -2.37. The standard InChI is InChI=1S/C16H14ClF4N3/c17-15-22-9-12(18)14(23-15)24-7-2-1-6-13(24)10-4-3-5-11(8-10)16(19,20)21/h3-5,8-9,13H,1-2,6-7H2. The lowest BCUT2D eigenvalue weighted by atomic mass is 9.94. The first-order chi connectivity index (χ1) is 11.4. The summed E-state index contributed by atoms with van der Waals surface area (Å²) in [5.74, 6) is -0.615. The summed E-state index contributed by atoms with van der Waals surface area (Å²) in [6.45, 7) is 0.491. The van der Waals surface area contributed by atoms with Gasteiger partial charge in [0, 0.05) is 6.54 Å². The van der Waals surface area contributed by atoms with Crippen LogP contribution in [0.4, 0.5) is 23.4 Å². The minimum Gasteiger partial charge on any atom is -0.347 e. The van der Waals surface area contributed by atoms with Crippen LogP contribution < -0.4 is 4.90 Å². The van der Waals surface area contributed by atoms with Crippen molar-refractivity contribution >= 4 is 17.4 Å². The van der Waals surface area contributed by atoms with E-state index in [0.29, 0.717) is 18.5 Å². The third-order valence-electron chi connectivity index (χ3n) is 4.07. The zero-order valence-corrected chi connectivity index (χ0v) is 13.3. The SMILES string of the molecule is Fc1cnc(Cl)nc1N1CCCCC1c1cccc(C(F)(F)F)c1. The van der Waals surface area contributed by atoms with Crippen molar-refractivity contribution < 1.29 is 17.6 Å². The van der Waals surface area contributed by atoms with Gasteiger partial charge in [-0.25, -0.2) is 9.37 Å². The zero-order valence-electron chi connectivity index (χ0n) is 12.5. The number of anilines is 1. The van der Waals surface area contributed by atoms with Crippen molar-refractivity contribution in [2.45, 2.75) is 31.5 Å². The summed E-state index contributed by atoms with van der Waals surface area (Å²) < 4.78 is 53.0. The van der Waals surface area contributed by atoms with E-state index in [1.165, 1.54) is 6.07 Å². The molecule has 0 spiro atoms. The molecule has 1 saturated heterocycles. The highest BCUT2D eigenvalue weighted by Crippen LogP contribution is 2.37. The molecule has 0 radical (unpaired) electrons. The molecule has 0 aliphatic carbocycles. The Kier molecular flexibility index (Phi) is 4.62. The lowest BCUT2D eigenvalue weighted by molar-refractivity contribution is -0.137. The van der Waals surface area contributed by atoms with Gasteiger partial charge in [-0.1, -0.05) is 12.1 Å². The third kappa shape index (κ3) is 3.45. The average Bonchev–Trinajstić information content (AvgIpc) is 2.56. The fourth-order valence-corrected chi connectivity index (χ4v) is 3.12. The van der Waals surface area contributed by atoms with Crippen molar-refractivity contribution in [3.05, 3.63) is 52.7 Å². The van der Waals surface area contributed by atoms with Gasteiger partial charge in [0.25, 0.3) is 0 Å². The van der Waals surface area contributed by atoms with Gasteiger partial charge in [-0.3, -0.25) is 0 Å². The van der Waals surface area contributed by atoms with Crippen molar-refractivity contribution in [2.24, 2.45) is 0 Å². The molecule has 1 aromatic carbocycles. The maximum atomic E-state index is 14.1. The van der Waals surface area contributed by atoms with Crippen molar-refractivity contribution in [1.29, 1.82) is 0 Å². The van der Waals surface area contributed by atoms with E-state index in [4.69, 9.17) is 11.6 Å². The van der Waals surface area contributed by atoms with Gasteiger partial charge in [0.2, 0.25) is 5.28 Å². The fourth-order valence-electron chi connectivity index (χ4n) is 2.99. The Morgan fingerprint density at radius 3 is 2.75 bits per heavy atom. The third-order valence-corrected chi connectivity index (χ3v) is 4.25. The molecule has 128 valence electrons. The Hall–Kier alpha value is -1.89. The van der Waals surface area contributed by atoms with Crippen LogP contribution in [0.2, 0.25) is 5.28 Å². The second kappa shape index (κ2) is 6.55. The van der Waals surface area contributed by atoms with E-state index in [9.17, 15) is 17.6 Å². The molecule has 1 unspecified atom stereocenters. The molecule has 1 aliphatic rings. The van der Waals surface area contributed by atoms with E-state index >= 15 is 0 Å². The lowest BCUT2D eigenvalue weighted by Crippen LogP contribution is -2.35. The molecule has 0 bridgehead atoms. The van der Waals surface area contributed by atoms with Crippen molar-refractivity contribution in [2.75, 3.05) is 11.4 Å². The largest absolute Gasteiger partial charge is 0.416 e. The Labute approximate surface area is 141 Å². The van der Waals surface area contributed by atoms with Gasteiger partial charge in [0.15, 0.2) is 11.6 Å². The van der Waals surface area contributed by atoms with E-state index in [2.05, 4.69) is 9.97 Å². The molecule has 0 N–H and O–H groups in total. The van der Waals surface area contributed by atoms with Crippen molar-refractivity contribution in [1.82, 2.24) is 9.97 Å². The molecule has 1 aliphatic heterocycles. The molecule has 2 heterocycles. The topological polar surface area (TPSA) is 29.0 Å². The predicted molar refractivity (Wildman–Crippen MR) is 82.4 cm³/mol. The number of hydrogen-bond acceptors (Lipinski definition) is 3. The number of alkyl halides is 3. The van der Waals surface area contributed by atoms with E-state index in [1.807, 2.05) is 0 Å². The highest BCUT2D eigenvalue weighted by Gasteiger charge is 2.33. The molecular weight excluding hydrogens is 346 g/mol. The van der Waals surface area contributed by atoms with Gasteiger partial charge in [-0.2, -0.15) is 18.2 Å². The normalized spacial score (nSPS) is 18.7. The summed E-state index contributed by atoms with van der Waals surface area (Å²) in [6, 6.07) is 4.75. The number of nitrogens with zero attached hydrogens (tertiary/aromatic N) is 3. The number of aromatic nitrogens is 2. The van der Waals surface area contributed by atoms with E-state index in [-0.39, 0.29) is 17.1 Å². The first-order valence-corrected chi connectivity index (χ1v) is 7.86. The van der Waals surface area contributed by atoms with Gasteiger partial charge >= 0.3 is 6.18 Å². The van der Waals surface area contributed by atoms with Crippen LogP contribution >= 0.6 is 11.6 Å². The molecule has 1 atom stereocenters. The minimum absolute atomic E-state index is 0.0251.